The first kappa shape index (κ1) is 16.4. The van der Waals surface area contributed by atoms with E-state index in [1.165, 1.54) is 0 Å². The lowest BCUT2D eigenvalue weighted by Crippen LogP contribution is -2.33. The van der Waals surface area contributed by atoms with E-state index in [-0.39, 0.29) is 18.0 Å². The fourth-order valence-electron chi connectivity index (χ4n) is 2.67. The molecule has 1 aliphatic heterocycles. The number of carbonyl (C=O) groups excluding carboxylic acids is 1. The van der Waals surface area contributed by atoms with Crippen molar-refractivity contribution in [3.63, 3.8) is 0 Å². The first-order valence-electron chi connectivity index (χ1n) is 7.22. The highest BCUT2D eigenvalue weighted by Crippen LogP contribution is 2.41. The molecule has 0 radical (unpaired) electrons. The van der Waals surface area contributed by atoms with E-state index in [0.717, 1.165) is 0 Å². The molecule has 6 nitrogen and oxygen atoms in total. The van der Waals surface area contributed by atoms with E-state index in [0.29, 0.717) is 22.6 Å². The standard InChI is InChI=1S/C17H19N3O3/c1-4-23-17(21)14-10(2)20-16(19)12(9-18)15(14)11-7-5-6-8-13(11)22-3/h5-8,15,20H,4,19H2,1-3H3. The second-order valence-corrected chi connectivity index (χ2v) is 5.00. The van der Waals surface area contributed by atoms with E-state index in [1.807, 2.05) is 18.2 Å². The maximum absolute atomic E-state index is 12.4. The minimum Gasteiger partial charge on any atom is -0.496 e. The Kier molecular flexibility index (Phi) is 4.91. The van der Waals surface area contributed by atoms with Crippen molar-refractivity contribution >= 4 is 5.97 Å². The highest BCUT2D eigenvalue weighted by atomic mass is 16.5. The van der Waals surface area contributed by atoms with Crippen LogP contribution < -0.4 is 15.8 Å². The average Bonchev–Trinajstić information content (AvgIpc) is 2.54. The summed E-state index contributed by atoms with van der Waals surface area (Å²) in [6.07, 6.45) is 0. The summed E-state index contributed by atoms with van der Waals surface area (Å²) < 4.78 is 10.5. The maximum Gasteiger partial charge on any atom is 0.336 e. The number of ether oxygens (including phenoxy) is 2. The van der Waals surface area contributed by atoms with Crippen molar-refractivity contribution in [3.8, 4) is 11.8 Å². The molecule has 1 atom stereocenters. The Hall–Kier alpha value is -2.94. The third-order valence-corrected chi connectivity index (χ3v) is 3.66. The van der Waals surface area contributed by atoms with Gasteiger partial charge < -0.3 is 20.5 Å². The number of esters is 1. The summed E-state index contributed by atoms with van der Waals surface area (Å²) in [7, 11) is 1.54. The number of allylic oxidation sites excluding steroid dienone is 2. The number of rotatable bonds is 4. The average molecular weight is 313 g/mol. The number of benzene rings is 1. The molecular formula is C17H19N3O3. The van der Waals surface area contributed by atoms with Crippen molar-refractivity contribution < 1.29 is 14.3 Å². The van der Waals surface area contributed by atoms with Crippen LogP contribution in [0.15, 0.2) is 46.9 Å². The minimum absolute atomic E-state index is 0.231. The van der Waals surface area contributed by atoms with Gasteiger partial charge in [0, 0.05) is 11.3 Å². The van der Waals surface area contributed by atoms with Gasteiger partial charge in [-0.1, -0.05) is 18.2 Å². The number of hydrogen-bond donors (Lipinski definition) is 2. The van der Waals surface area contributed by atoms with Gasteiger partial charge in [-0.2, -0.15) is 5.26 Å². The molecule has 1 aliphatic rings. The quantitative estimate of drug-likeness (QED) is 0.824. The summed E-state index contributed by atoms with van der Waals surface area (Å²) in [6, 6.07) is 9.33. The molecule has 23 heavy (non-hydrogen) atoms. The number of dihydropyridines is 1. The van der Waals surface area contributed by atoms with Crippen LogP contribution >= 0.6 is 0 Å². The SMILES string of the molecule is CCOC(=O)C1=C(C)NC(N)=C(C#N)C1c1ccccc1OC. The molecule has 0 spiro atoms. The largest absolute Gasteiger partial charge is 0.496 e. The van der Waals surface area contributed by atoms with Gasteiger partial charge in [0.25, 0.3) is 0 Å². The van der Waals surface area contributed by atoms with Crippen LogP contribution in [0.1, 0.15) is 25.3 Å². The van der Waals surface area contributed by atoms with Crippen molar-refractivity contribution in [3.05, 3.63) is 52.5 Å². The fraction of sp³-hybridized carbons (Fsp3) is 0.294. The van der Waals surface area contributed by atoms with Crippen LogP contribution in [-0.2, 0) is 9.53 Å². The van der Waals surface area contributed by atoms with Gasteiger partial charge in [-0.05, 0) is 19.9 Å². The van der Waals surface area contributed by atoms with Crippen molar-refractivity contribution in [1.82, 2.24) is 5.32 Å². The highest BCUT2D eigenvalue weighted by Gasteiger charge is 2.36. The van der Waals surface area contributed by atoms with Crippen LogP contribution in [0.2, 0.25) is 0 Å². The Balaban J connectivity index is 2.67. The van der Waals surface area contributed by atoms with Gasteiger partial charge in [-0.15, -0.1) is 0 Å². The zero-order valence-corrected chi connectivity index (χ0v) is 13.3. The van der Waals surface area contributed by atoms with Crippen LogP contribution in [0.3, 0.4) is 0 Å². The molecule has 1 aromatic rings. The summed E-state index contributed by atoms with van der Waals surface area (Å²) >= 11 is 0. The fourth-order valence-corrected chi connectivity index (χ4v) is 2.67. The topological polar surface area (TPSA) is 97.4 Å². The number of nitriles is 1. The van der Waals surface area contributed by atoms with Gasteiger partial charge in [0.2, 0.25) is 0 Å². The number of nitrogens with one attached hydrogen (secondary N) is 1. The number of hydrogen-bond acceptors (Lipinski definition) is 6. The van der Waals surface area contributed by atoms with E-state index in [4.69, 9.17) is 15.2 Å². The molecule has 2 rings (SSSR count). The normalized spacial score (nSPS) is 17.4. The lowest BCUT2D eigenvalue weighted by Gasteiger charge is -2.28. The summed E-state index contributed by atoms with van der Waals surface area (Å²) in [5.74, 6) is -0.298. The number of nitrogens with zero attached hydrogens (tertiary/aromatic N) is 1. The van der Waals surface area contributed by atoms with Crippen LogP contribution in [0.25, 0.3) is 0 Å². The Morgan fingerprint density at radius 1 is 1.43 bits per heavy atom. The van der Waals surface area contributed by atoms with E-state index in [1.54, 1.807) is 27.0 Å². The molecule has 120 valence electrons. The zero-order valence-electron chi connectivity index (χ0n) is 13.3. The molecule has 1 unspecified atom stereocenters. The van der Waals surface area contributed by atoms with Crippen molar-refractivity contribution in [2.75, 3.05) is 13.7 Å². The van der Waals surface area contributed by atoms with E-state index >= 15 is 0 Å². The van der Waals surface area contributed by atoms with E-state index in [2.05, 4.69) is 11.4 Å². The van der Waals surface area contributed by atoms with Crippen molar-refractivity contribution in [2.24, 2.45) is 5.73 Å². The second-order valence-electron chi connectivity index (χ2n) is 5.00. The van der Waals surface area contributed by atoms with Gasteiger partial charge in [-0.3, -0.25) is 0 Å². The smallest absolute Gasteiger partial charge is 0.336 e. The van der Waals surface area contributed by atoms with Crippen LogP contribution in [0, 0.1) is 11.3 Å². The molecule has 0 bridgehead atoms. The van der Waals surface area contributed by atoms with Gasteiger partial charge in [0.1, 0.15) is 11.6 Å². The summed E-state index contributed by atoms with van der Waals surface area (Å²) in [5.41, 5.74) is 7.84. The lowest BCUT2D eigenvalue weighted by atomic mass is 9.81. The number of nitrogens with two attached hydrogens (primary N) is 1. The predicted octanol–water partition coefficient (Wildman–Crippen LogP) is 1.91. The first-order valence-corrected chi connectivity index (χ1v) is 7.22. The Morgan fingerprint density at radius 3 is 2.74 bits per heavy atom. The molecule has 1 aromatic carbocycles. The van der Waals surface area contributed by atoms with Gasteiger partial charge in [0.15, 0.2) is 0 Å². The van der Waals surface area contributed by atoms with Gasteiger partial charge >= 0.3 is 5.97 Å². The predicted molar refractivity (Wildman–Crippen MR) is 85.0 cm³/mol. The van der Waals surface area contributed by atoms with E-state index in [9.17, 15) is 10.1 Å². The summed E-state index contributed by atoms with van der Waals surface area (Å²) in [6.45, 7) is 3.71. The van der Waals surface area contributed by atoms with E-state index < -0.39 is 11.9 Å². The molecule has 0 fully saturated rings. The number of methoxy groups -OCH3 is 1. The van der Waals surface area contributed by atoms with Crippen LogP contribution in [0.4, 0.5) is 0 Å². The third-order valence-electron chi connectivity index (χ3n) is 3.66. The lowest BCUT2D eigenvalue weighted by molar-refractivity contribution is -0.138. The molecular weight excluding hydrogens is 294 g/mol. The summed E-state index contributed by atoms with van der Waals surface area (Å²) in [5, 5.41) is 12.4. The third kappa shape index (κ3) is 2.99. The molecule has 6 heteroatoms. The van der Waals surface area contributed by atoms with Gasteiger partial charge in [0.05, 0.1) is 36.9 Å². The maximum atomic E-state index is 12.4. The Labute approximate surface area is 135 Å². The Bertz CT molecular complexity index is 729. The molecule has 0 aromatic heterocycles. The molecule has 0 amide bonds. The molecule has 0 aliphatic carbocycles. The van der Waals surface area contributed by atoms with Crippen LogP contribution in [-0.4, -0.2) is 19.7 Å². The molecule has 0 saturated carbocycles. The van der Waals surface area contributed by atoms with Crippen molar-refractivity contribution in [2.45, 2.75) is 19.8 Å². The first-order chi connectivity index (χ1) is 11.0. The van der Waals surface area contributed by atoms with Crippen LogP contribution in [0.5, 0.6) is 5.75 Å². The van der Waals surface area contributed by atoms with Gasteiger partial charge in [-0.25, -0.2) is 4.79 Å². The Morgan fingerprint density at radius 2 is 2.13 bits per heavy atom. The summed E-state index contributed by atoms with van der Waals surface area (Å²) in [4.78, 5) is 12.4. The monoisotopic (exact) mass is 313 g/mol. The minimum atomic E-state index is -0.628. The highest BCUT2D eigenvalue weighted by molar-refractivity contribution is 5.93. The molecule has 0 saturated heterocycles. The zero-order chi connectivity index (χ0) is 17.0. The number of carbonyl (C=O) groups is 1. The second kappa shape index (κ2) is 6.88. The number of para-hydroxylation sites is 1. The van der Waals surface area contributed by atoms with Crippen molar-refractivity contribution in [1.29, 1.82) is 5.26 Å². The molecule has 3 N–H and O–H groups in total. The molecule has 1 heterocycles.